The lowest BCUT2D eigenvalue weighted by Gasteiger charge is -2.42. The molecule has 5 rings (SSSR count). The Bertz CT molecular complexity index is 1300. The summed E-state index contributed by atoms with van der Waals surface area (Å²) in [5.41, 5.74) is 3.78. The summed E-state index contributed by atoms with van der Waals surface area (Å²) < 4.78 is 0. The highest BCUT2D eigenvalue weighted by molar-refractivity contribution is 5.96. The molecule has 3 heterocycles. The van der Waals surface area contributed by atoms with Gasteiger partial charge in [0.1, 0.15) is 5.69 Å². The summed E-state index contributed by atoms with van der Waals surface area (Å²) in [7, 11) is 0. The van der Waals surface area contributed by atoms with Gasteiger partial charge in [0, 0.05) is 28.9 Å². The molecule has 1 aliphatic carbocycles. The molecule has 7 nitrogen and oxygen atoms in total. The van der Waals surface area contributed by atoms with Crippen LogP contribution in [0.2, 0.25) is 0 Å². The van der Waals surface area contributed by atoms with E-state index in [0.29, 0.717) is 18.5 Å². The maximum Gasteiger partial charge on any atom is 0.113 e. The summed E-state index contributed by atoms with van der Waals surface area (Å²) in [4.78, 5) is 10.6. The number of benzene rings is 1. The monoisotopic (exact) mass is 391 g/mol. The molecule has 0 saturated heterocycles. The molecule has 1 aliphatic rings. The number of fused-ring (bicyclic) bond motifs is 1. The summed E-state index contributed by atoms with van der Waals surface area (Å²) in [5.74, 6) is -0.0506. The van der Waals surface area contributed by atoms with Crippen LogP contribution in [0.1, 0.15) is 19.3 Å². The number of aromatic nitrogens is 5. The van der Waals surface area contributed by atoms with Gasteiger partial charge < -0.3 is 0 Å². The van der Waals surface area contributed by atoms with Crippen molar-refractivity contribution in [2.24, 2.45) is 5.92 Å². The molecule has 0 amide bonds. The molecule has 0 N–H and O–H groups in total. The van der Waals surface area contributed by atoms with Crippen LogP contribution in [0.25, 0.3) is 33.4 Å². The number of hydrogen-bond donors (Lipinski definition) is 0. The first-order valence-electron chi connectivity index (χ1n) is 9.72. The van der Waals surface area contributed by atoms with Gasteiger partial charge in [0.2, 0.25) is 0 Å². The second kappa shape index (κ2) is 7.06. The molecule has 30 heavy (non-hydrogen) atoms. The molecular formula is C23H17N7. The number of rotatable bonds is 4. The van der Waals surface area contributed by atoms with E-state index in [9.17, 15) is 10.5 Å². The van der Waals surface area contributed by atoms with Gasteiger partial charge in [-0.1, -0.05) is 12.1 Å². The first-order valence-corrected chi connectivity index (χ1v) is 9.72. The zero-order valence-electron chi connectivity index (χ0n) is 16.1. The minimum atomic E-state index is -0.500. The summed E-state index contributed by atoms with van der Waals surface area (Å²) in [6.45, 7) is 0. The standard InChI is InChI=1S/C23H17N7/c24-7-6-23(12-16(13-23)14-25)30-28-15-22(29-30)19-10-17(20-5-1-2-8-26-20)11-21-18(19)4-3-9-27-21/h1-5,8-11,15-16H,6,12-13H2/t16-,23+. The van der Waals surface area contributed by atoms with Crippen molar-refractivity contribution in [1.82, 2.24) is 25.0 Å². The molecule has 0 bridgehead atoms. The zero-order valence-corrected chi connectivity index (χ0v) is 16.1. The van der Waals surface area contributed by atoms with E-state index >= 15 is 0 Å². The Balaban J connectivity index is 1.62. The van der Waals surface area contributed by atoms with Gasteiger partial charge in [-0.05, 0) is 43.2 Å². The van der Waals surface area contributed by atoms with E-state index < -0.39 is 5.54 Å². The van der Waals surface area contributed by atoms with Crippen LogP contribution in [-0.2, 0) is 5.54 Å². The minimum Gasteiger partial charge on any atom is -0.256 e. The smallest absolute Gasteiger partial charge is 0.113 e. The Morgan fingerprint density at radius 1 is 1.03 bits per heavy atom. The van der Waals surface area contributed by atoms with Crippen molar-refractivity contribution in [3.63, 3.8) is 0 Å². The molecule has 0 radical (unpaired) electrons. The van der Waals surface area contributed by atoms with E-state index in [1.165, 1.54) is 0 Å². The van der Waals surface area contributed by atoms with E-state index in [4.69, 9.17) is 5.10 Å². The lowest BCUT2D eigenvalue weighted by Crippen LogP contribution is -2.47. The van der Waals surface area contributed by atoms with E-state index in [2.05, 4.69) is 33.3 Å². The Hall–Kier alpha value is -4.10. The molecule has 0 aliphatic heterocycles. The van der Waals surface area contributed by atoms with E-state index in [1.54, 1.807) is 23.4 Å². The van der Waals surface area contributed by atoms with Crippen molar-refractivity contribution < 1.29 is 0 Å². The molecular weight excluding hydrogens is 374 g/mol. The van der Waals surface area contributed by atoms with Crippen molar-refractivity contribution in [2.45, 2.75) is 24.8 Å². The Morgan fingerprint density at radius 2 is 1.90 bits per heavy atom. The second-order valence-electron chi connectivity index (χ2n) is 7.62. The quantitative estimate of drug-likeness (QED) is 0.519. The van der Waals surface area contributed by atoms with Crippen LogP contribution in [0.5, 0.6) is 0 Å². The fourth-order valence-electron chi connectivity index (χ4n) is 4.17. The number of pyridine rings is 2. The van der Waals surface area contributed by atoms with Crippen LogP contribution in [0.3, 0.4) is 0 Å². The SMILES string of the molecule is N#CC[C@]1(n2ncc(-c3cc(-c4ccccn4)cc4ncccc34)n2)C[C@@H](C#N)C1. The lowest BCUT2D eigenvalue weighted by atomic mass is 9.68. The van der Waals surface area contributed by atoms with E-state index in [1.807, 2.05) is 36.4 Å². The van der Waals surface area contributed by atoms with Crippen molar-refractivity contribution in [1.29, 1.82) is 10.5 Å². The Kier molecular flexibility index (Phi) is 4.22. The molecule has 1 fully saturated rings. The maximum absolute atomic E-state index is 9.30. The largest absolute Gasteiger partial charge is 0.256 e. The van der Waals surface area contributed by atoms with Crippen LogP contribution in [-0.4, -0.2) is 25.0 Å². The molecule has 144 valence electrons. The first kappa shape index (κ1) is 18.0. The van der Waals surface area contributed by atoms with Gasteiger partial charge in [-0.15, -0.1) is 0 Å². The average molecular weight is 391 g/mol. The highest BCUT2D eigenvalue weighted by Crippen LogP contribution is 2.45. The Labute approximate surface area is 173 Å². The fraction of sp³-hybridized carbons (Fsp3) is 0.217. The van der Waals surface area contributed by atoms with Crippen molar-refractivity contribution in [3.8, 4) is 34.7 Å². The maximum atomic E-state index is 9.30. The zero-order chi connectivity index (χ0) is 20.6. The molecule has 7 heteroatoms. The van der Waals surface area contributed by atoms with Crippen LogP contribution in [0.15, 0.2) is 61.1 Å². The highest BCUT2D eigenvalue weighted by atomic mass is 15.5. The first-order chi connectivity index (χ1) is 14.7. The number of hydrogen-bond acceptors (Lipinski definition) is 6. The summed E-state index contributed by atoms with van der Waals surface area (Å²) >= 11 is 0. The van der Waals surface area contributed by atoms with Crippen LogP contribution in [0, 0.1) is 28.6 Å². The van der Waals surface area contributed by atoms with Gasteiger partial charge in [0.25, 0.3) is 0 Å². The predicted molar refractivity (Wildman–Crippen MR) is 111 cm³/mol. The molecule has 0 spiro atoms. The number of nitriles is 2. The average Bonchev–Trinajstić information content (AvgIpc) is 3.26. The van der Waals surface area contributed by atoms with E-state index in [0.717, 1.165) is 27.7 Å². The summed E-state index contributed by atoms with van der Waals surface area (Å²) in [6, 6.07) is 18.3. The molecule has 0 unspecified atom stereocenters. The molecule has 0 atom stereocenters. The molecule has 3 aromatic heterocycles. The summed E-state index contributed by atoms with van der Waals surface area (Å²) in [5, 5.41) is 28.7. The van der Waals surface area contributed by atoms with Gasteiger partial charge >= 0.3 is 0 Å². The van der Waals surface area contributed by atoms with Crippen LogP contribution >= 0.6 is 0 Å². The van der Waals surface area contributed by atoms with Crippen LogP contribution < -0.4 is 0 Å². The van der Waals surface area contributed by atoms with Crippen LogP contribution in [0.4, 0.5) is 0 Å². The second-order valence-corrected chi connectivity index (χ2v) is 7.62. The van der Waals surface area contributed by atoms with Crippen molar-refractivity contribution >= 4 is 10.9 Å². The predicted octanol–water partition coefficient (Wildman–Crippen LogP) is 4.10. The Morgan fingerprint density at radius 3 is 2.67 bits per heavy atom. The van der Waals surface area contributed by atoms with Gasteiger partial charge in [-0.25, -0.2) is 0 Å². The third-order valence-corrected chi connectivity index (χ3v) is 5.72. The van der Waals surface area contributed by atoms with Crippen molar-refractivity contribution in [2.75, 3.05) is 0 Å². The topological polar surface area (TPSA) is 104 Å². The summed E-state index contributed by atoms with van der Waals surface area (Å²) in [6.07, 6.45) is 6.74. The minimum absolute atomic E-state index is 0.0506. The van der Waals surface area contributed by atoms with Gasteiger partial charge in [0.05, 0.1) is 47.4 Å². The van der Waals surface area contributed by atoms with Gasteiger partial charge in [-0.3, -0.25) is 9.97 Å². The third kappa shape index (κ3) is 2.89. The molecule has 4 aromatic rings. The highest BCUT2D eigenvalue weighted by Gasteiger charge is 2.48. The normalized spacial score (nSPS) is 20.3. The lowest BCUT2D eigenvalue weighted by molar-refractivity contribution is 0.0713. The molecule has 1 aromatic carbocycles. The van der Waals surface area contributed by atoms with E-state index in [-0.39, 0.29) is 12.3 Å². The third-order valence-electron chi connectivity index (χ3n) is 5.72. The van der Waals surface area contributed by atoms with Crippen molar-refractivity contribution in [3.05, 3.63) is 61.1 Å². The fourth-order valence-corrected chi connectivity index (χ4v) is 4.17. The van der Waals surface area contributed by atoms with Gasteiger partial charge in [0.15, 0.2) is 0 Å². The number of nitrogens with zero attached hydrogens (tertiary/aromatic N) is 7. The molecule has 1 saturated carbocycles. The van der Waals surface area contributed by atoms with Gasteiger partial charge in [-0.2, -0.15) is 25.5 Å².